The molecule has 3 amide bonds. The van der Waals surface area contributed by atoms with Gasteiger partial charge in [-0.1, -0.05) is 18.9 Å². The van der Waals surface area contributed by atoms with E-state index in [0.29, 0.717) is 6.54 Å². The third-order valence-corrected chi connectivity index (χ3v) is 6.46. The number of imide groups is 1. The van der Waals surface area contributed by atoms with Crippen LogP contribution in [0.25, 0.3) is 0 Å². The first kappa shape index (κ1) is 19.0. The number of nitrogens with zero attached hydrogens (tertiary/aromatic N) is 2. The van der Waals surface area contributed by atoms with Crippen molar-refractivity contribution in [3.05, 3.63) is 22.4 Å². The molecule has 0 spiro atoms. The number of rotatable bonds is 7. The fraction of sp³-hybridized carbons (Fsp3) is 0.632. The van der Waals surface area contributed by atoms with E-state index in [1.54, 1.807) is 11.3 Å². The van der Waals surface area contributed by atoms with Crippen LogP contribution in [0, 0.1) is 11.8 Å². The first-order chi connectivity index (χ1) is 12.5. The third-order valence-electron chi connectivity index (χ3n) is 5.48. The fourth-order valence-electron chi connectivity index (χ4n) is 3.98. The van der Waals surface area contributed by atoms with Crippen molar-refractivity contribution >= 4 is 29.1 Å². The molecule has 142 valence electrons. The van der Waals surface area contributed by atoms with E-state index in [1.807, 2.05) is 25.5 Å². The Kier molecular flexibility index (Phi) is 6.09. The van der Waals surface area contributed by atoms with Crippen LogP contribution >= 0.6 is 11.3 Å². The molecule has 3 atom stereocenters. The zero-order chi connectivity index (χ0) is 18.7. The summed E-state index contributed by atoms with van der Waals surface area (Å²) in [6.45, 7) is 0.710. The van der Waals surface area contributed by atoms with Crippen LogP contribution in [0.4, 0.5) is 0 Å². The summed E-state index contributed by atoms with van der Waals surface area (Å²) in [6, 6.07) is 4.18. The summed E-state index contributed by atoms with van der Waals surface area (Å²) in [7, 11) is 3.97. The van der Waals surface area contributed by atoms with Crippen LogP contribution in [-0.4, -0.2) is 54.7 Å². The fourth-order valence-corrected chi connectivity index (χ4v) is 4.90. The summed E-state index contributed by atoms with van der Waals surface area (Å²) in [4.78, 5) is 41.7. The molecule has 7 heteroatoms. The number of fused-ring (bicyclic) bond motifs is 1. The maximum Gasteiger partial charge on any atom is 0.233 e. The van der Waals surface area contributed by atoms with E-state index < -0.39 is 0 Å². The van der Waals surface area contributed by atoms with E-state index in [9.17, 15) is 14.4 Å². The predicted octanol–water partition coefficient (Wildman–Crippen LogP) is 2.03. The first-order valence-electron chi connectivity index (χ1n) is 9.30. The van der Waals surface area contributed by atoms with Crippen LogP contribution in [0.15, 0.2) is 17.5 Å². The summed E-state index contributed by atoms with van der Waals surface area (Å²) in [6.07, 6.45) is 3.82. The number of likely N-dealkylation sites (tertiary alicyclic amines) is 1. The number of carbonyl (C=O) groups is 3. The normalized spacial score (nSPS) is 24.0. The molecule has 1 saturated carbocycles. The molecular weight excluding hydrogens is 350 g/mol. The first-order valence-corrected chi connectivity index (χ1v) is 10.2. The van der Waals surface area contributed by atoms with Crippen molar-refractivity contribution in [3.63, 3.8) is 0 Å². The van der Waals surface area contributed by atoms with Gasteiger partial charge in [0, 0.05) is 24.4 Å². The topological polar surface area (TPSA) is 69.7 Å². The van der Waals surface area contributed by atoms with E-state index in [2.05, 4.69) is 16.3 Å². The SMILES string of the molecule is CN(C)[C@H](CNC(=O)CCN1C(=O)[C@H]2CCCC[C@@H]2C1=O)c1cccs1. The second-order valence-corrected chi connectivity index (χ2v) is 8.35. The molecule has 1 N–H and O–H groups in total. The van der Waals surface area contributed by atoms with Gasteiger partial charge < -0.3 is 10.2 Å². The largest absolute Gasteiger partial charge is 0.354 e. The molecule has 0 bridgehead atoms. The molecule has 26 heavy (non-hydrogen) atoms. The molecule has 0 unspecified atom stereocenters. The highest BCUT2D eigenvalue weighted by atomic mass is 32.1. The average molecular weight is 378 g/mol. The van der Waals surface area contributed by atoms with Crippen LogP contribution in [-0.2, 0) is 14.4 Å². The summed E-state index contributed by atoms with van der Waals surface area (Å²) >= 11 is 1.67. The van der Waals surface area contributed by atoms with Gasteiger partial charge in [0.2, 0.25) is 17.7 Å². The summed E-state index contributed by atoms with van der Waals surface area (Å²) in [5, 5.41) is 4.97. The van der Waals surface area contributed by atoms with Gasteiger partial charge in [-0.05, 0) is 38.4 Å². The zero-order valence-corrected chi connectivity index (χ0v) is 16.3. The molecule has 1 aliphatic heterocycles. The van der Waals surface area contributed by atoms with Gasteiger partial charge in [0.15, 0.2) is 0 Å². The van der Waals surface area contributed by atoms with Crippen LogP contribution in [0.3, 0.4) is 0 Å². The molecule has 1 aromatic rings. The Hall–Kier alpha value is -1.73. The van der Waals surface area contributed by atoms with Crippen molar-refractivity contribution in [2.45, 2.75) is 38.1 Å². The Morgan fingerprint density at radius 3 is 2.46 bits per heavy atom. The molecular formula is C19H27N3O3S. The van der Waals surface area contributed by atoms with Crippen LogP contribution in [0.5, 0.6) is 0 Å². The monoisotopic (exact) mass is 377 g/mol. The lowest BCUT2D eigenvalue weighted by Crippen LogP contribution is -2.38. The van der Waals surface area contributed by atoms with Crippen molar-refractivity contribution in [2.24, 2.45) is 11.8 Å². The minimum atomic E-state index is -0.142. The lowest BCUT2D eigenvalue weighted by Gasteiger charge is -2.23. The third kappa shape index (κ3) is 3.99. The van der Waals surface area contributed by atoms with Gasteiger partial charge in [-0.3, -0.25) is 19.3 Å². The molecule has 1 saturated heterocycles. The molecule has 3 rings (SSSR count). The molecule has 0 radical (unpaired) electrons. The molecule has 2 fully saturated rings. The maximum absolute atomic E-state index is 12.4. The predicted molar refractivity (Wildman–Crippen MR) is 101 cm³/mol. The van der Waals surface area contributed by atoms with Crippen molar-refractivity contribution in [3.8, 4) is 0 Å². The molecule has 0 aromatic carbocycles. The Balaban J connectivity index is 1.49. The highest BCUT2D eigenvalue weighted by Gasteiger charge is 2.47. The van der Waals surface area contributed by atoms with Gasteiger partial charge >= 0.3 is 0 Å². The molecule has 1 aliphatic carbocycles. The number of nitrogens with one attached hydrogen (secondary N) is 1. The quantitative estimate of drug-likeness (QED) is 0.738. The maximum atomic E-state index is 12.4. The Labute approximate surface area is 158 Å². The van der Waals surface area contributed by atoms with Crippen molar-refractivity contribution in [2.75, 3.05) is 27.2 Å². The van der Waals surface area contributed by atoms with Crippen molar-refractivity contribution in [1.29, 1.82) is 0 Å². The standard InChI is InChI=1S/C19H27N3O3S/c1-21(2)15(16-8-5-11-26-16)12-20-17(23)9-10-22-18(24)13-6-3-4-7-14(13)19(22)25/h5,8,11,13-15H,3-4,6-7,9-10,12H2,1-2H3,(H,20,23)/t13-,14-,15+/m0/s1. The summed E-state index contributed by atoms with van der Waals surface area (Å²) < 4.78 is 0. The van der Waals surface area contributed by atoms with E-state index >= 15 is 0 Å². The average Bonchev–Trinajstić information content (AvgIpc) is 3.22. The number of hydrogen-bond donors (Lipinski definition) is 1. The van der Waals surface area contributed by atoms with E-state index in [0.717, 1.165) is 25.7 Å². The molecule has 2 aliphatic rings. The molecule has 2 heterocycles. The highest BCUT2D eigenvalue weighted by molar-refractivity contribution is 7.10. The molecule has 6 nitrogen and oxygen atoms in total. The lowest BCUT2D eigenvalue weighted by molar-refractivity contribution is -0.140. The van der Waals surface area contributed by atoms with Gasteiger partial charge in [0.25, 0.3) is 0 Å². The minimum absolute atomic E-state index is 0.0720. The van der Waals surface area contributed by atoms with Crippen LogP contribution in [0.1, 0.15) is 43.0 Å². The van der Waals surface area contributed by atoms with E-state index in [-0.39, 0.29) is 48.6 Å². The van der Waals surface area contributed by atoms with Crippen LogP contribution < -0.4 is 5.32 Å². The zero-order valence-electron chi connectivity index (χ0n) is 15.4. The highest BCUT2D eigenvalue weighted by Crippen LogP contribution is 2.37. The van der Waals surface area contributed by atoms with Crippen molar-refractivity contribution < 1.29 is 14.4 Å². The number of likely N-dealkylation sites (N-methyl/N-ethyl adjacent to an activating group) is 1. The van der Waals surface area contributed by atoms with Gasteiger partial charge in [-0.25, -0.2) is 0 Å². The number of amides is 3. The Morgan fingerprint density at radius 2 is 1.92 bits per heavy atom. The summed E-state index contributed by atoms with van der Waals surface area (Å²) in [5.41, 5.74) is 0. The van der Waals surface area contributed by atoms with Crippen LogP contribution in [0.2, 0.25) is 0 Å². The van der Waals surface area contributed by atoms with Gasteiger partial charge in [0.05, 0.1) is 17.9 Å². The number of carbonyl (C=O) groups excluding carboxylic acids is 3. The van der Waals surface area contributed by atoms with Gasteiger partial charge in [-0.2, -0.15) is 0 Å². The Morgan fingerprint density at radius 1 is 1.27 bits per heavy atom. The summed E-state index contributed by atoms with van der Waals surface area (Å²) in [5.74, 6) is -0.550. The van der Waals surface area contributed by atoms with Gasteiger partial charge in [-0.15, -0.1) is 11.3 Å². The second kappa shape index (κ2) is 8.31. The van der Waals surface area contributed by atoms with Crippen molar-refractivity contribution in [1.82, 2.24) is 15.1 Å². The minimum Gasteiger partial charge on any atom is -0.354 e. The lowest BCUT2D eigenvalue weighted by atomic mass is 9.81. The van der Waals surface area contributed by atoms with E-state index in [1.165, 1.54) is 9.78 Å². The number of hydrogen-bond acceptors (Lipinski definition) is 5. The number of thiophene rings is 1. The molecule has 1 aromatic heterocycles. The Bertz CT molecular complexity index is 635. The smallest absolute Gasteiger partial charge is 0.233 e. The van der Waals surface area contributed by atoms with E-state index in [4.69, 9.17) is 0 Å². The van der Waals surface area contributed by atoms with Gasteiger partial charge in [0.1, 0.15) is 0 Å². The second-order valence-electron chi connectivity index (χ2n) is 7.37.